The molecule has 0 fully saturated rings. The highest BCUT2D eigenvalue weighted by atomic mass is 32.2. The molecule has 0 heterocycles. The summed E-state index contributed by atoms with van der Waals surface area (Å²) in [4.78, 5) is 4.08. The van der Waals surface area contributed by atoms with E-state index in [1.807, 2.05) is 0 Å². The molecule has 0 N–H and O–H groups in total. The Hall–Kier alpha value is -2.34. The molecule has 0 atom stereocenters. The first-order valence-electron chi connectivity index (χ1n) is 8.11. The topological polar surface area (TPSA) is 0 Å². The second-order valence-electron chi connectivity index (χ2n) is 5.46. The van der Waals surface area contributed by atoms with Gasteiger partial charge in [-0.2, -0.15) is 13.2 Å². The Morgan fingerprint density at radius 1 is 0.593 bits per heavy atom. The van der Waals surface area contributed by atoms with E-state index in [-0.39, 0.29) is 10.9 Å². The van der Waals surface area contributed by atoms with E-state index in [1.165, 1.54) is 14.7 Å². The van der Waals surface area contributed by atoms with Gasteiger partial charge in [-0.15, -0.1) is 0 Å². The molecule has 0 aliphatic rings. The van der Waals surface area contributed by atoms with Crippen LogP contribution in [0, 0.1) is 0 Å². The molecule has 0 aromatic heterocycles. The molecule has 0 amide bonds. The van der Waals surface area contributed by atoms with Crippen LogP contribution in [0.2, 0.25) is 0 Å². The first-order valence-corrected chi connectivity index (χ1v) is 9.33. The highest BCUT2D eigenvalue weighted by Gasteiger charge is 2.31. The average molecular weight is 397 g/mol. The lowest BCUT2D eigenvalue weighted by Gasteiger charge is -2.07. The Morgan fingerprint density at radius 3 is 1.07 bits per heavy atom. The van der Waals surface area contributed by atoms with E-state index < -0.39 is 19.0 Å². The zero-order valence-corrected chi connectivity index (χ0v) is 15.1. The van der Waals surface area contributed by atoms with Crippen molar-refractivity contribution in [3.05, 3.63) is 91.0 Å². The lowest BCUT2D eigenvalue weighted by Crippen LogP contribution is -2.12. The van der Waals surface area contributed by atoms with Crippen LogP contribution in [0.4, 0.5) is 22.0 Å². The molecule has 0 saturated carbocycles. The minimum absolute atomic E-state index is 0.0146. The van der Waals surface area contributed by atoms with Crippen molar-refractivity contribution < 1.29 is 22.0 Å². The van der Waals surface area contributed by atoms with Crippen LogP contribution in [0.25, 0.3) is 0 Å². The van der Waals surface area contributed by atoms with Crippen LogP contribution in [0.15, 0.2) is 106 Å². The molecule has 0 radical (unpaired) electrons. The third-order valence-corrected chi connectivity index (χ3v) is 5.55. The van der Waals surface area contributed by atoms with Gasteiger partial charge in [0.25, 0.3) is 0 Å². The second-order valence-corrected chi connectivity index (χ2v) is 7.48. The minimum Gasteiger partial charge on any atom is -0.210 e. The Labute approximate surface area is 158 Å². The lowest BCUT2D eigenvalue weighted by atomic mass is 10.4. The molecule has 6 heteroatoms. The zero-order valence-electron chi connectivity index (χ0n) is 14.2. The summed E-state index contributed by atoms with van der Waals surface area (Å²) >= 11 is 0. The smallest absolute Gasteiger partial charge is 0.210 e. The van der Waals surface area contributed by atoms with Gasteiger partial charge in [0.15, 0.2) is 14.7 Å². The van der Waals surface area contributed by atoms with E-state index in [2.05, 4.69) is 91.0 Å². The van der Waals surface area contributed by atoms with Crippen molar-refractivity contribution in [2.75, 3.05) is 0 Å². The molecular weight excluding hydrogens is 379 g/mol. The molecule has 0 aliphatic carbocycles. The third-order valence-electron chi connectivity index (χ3n) is 3.32. The van der Waals surface area contributed by atoms with Crippen molar-refractivity contribution in [2.24, 2.45) is 0 Å². The zero-order chi connectivity index (χ0) is 19.7. The van der Waals surface area contributed by atoms with Crippen molar-refractivity contribution in [2.45, 2.75) is 33.7 Å². The van der Waals surface area contributed by atoms with Gasteiger partial charge < -0.3 is 0 Å². The Balaban J connectivity index is 0.000000279. The van der Waals surface area contributed by atoms with Crippen LogP contribution in [-0.4, -0.2) is 12.6 Å². The van der Waals surface area contributed by atoms with E-state index in [4.69, 9.17) is 0 Å². The highest BCUT2D eigenvalue weighted by molar-refractivity contribution is 7.97. The molecule has 3 aromatic carbocycles. The maximum Gasteiger partial charge on any atom is 0.394 e. The van der Waals surface area contributed by atoms with Gasteiger partial charge >= 0.3 is 6.18 Å². The lowest BCUT2D eigenvalue weighted by molar-refractivity contribution is -0.158. The summed E-state index contributed by atoms with van der Waals surface area (Å²) in [5.41, 5.74) is 0. The Bertz CT molecular complexity index is 680. The van der Waals surface area contributed by atoms with Gasteiger partial charge in [-0.25, -0.2) is 8.78 Å². The summed E-state index contributed by atoms with van der Waals surface area (Å²) in [5, 5.41) is 0. The summed E-state index contributed by atoms with van der Waals surface area (Å²) < 4.78 is 54.1. The monoisotopic (exact) mass is 397 g/mol. The molecule has 3 aromatic rings. The fourth-order valence-corrected chi connectivity index (χ4v) is 4.36. The summed E-state index contributed by atoms with van der Waals surface area (Å²) in [5.74, 6) is 0. The largest absolute Gasteiger partial charge is 0.394 e. The number of halogens is 5. The molecule has 0 unspecified atom stereocenters. The molecule has 142 valence electrons. The van der Waals surface area contributed by atoms with Gasteiger partial charge in [0, 0.05) is 0 Å². The Kier molecular flexibility index (Phi) is 7.85. The maximum absolute atomic E-state index is 10.8. The first kappa shape index (κ1) is 21.0. The Morgan fingerprint density at radius 2 is 0.889 bits per heavy atom. The molecule has 0 nitrogen and oxygen atoms in total. The number of hydrogen-bond acceptors (Lipinski definition) is 0. The van der Waals surface area contributed by atoms with E-state index >= 15 is 0 Å². The number of rotatable bonds is 4. The molecule has 27 heavy (non-hydrogen) atoms. The van der Waals surface area contributed by atoms with E-state index in [0.717, 1.165) is 0 Å². The van der Waals surface area contributed by atoms with Crippen LogP contribution in [-0.2, 0) is 10.9 Å². The van der Waals surface area contributed by atoms with Crippen LogP contribution < -0.4 is 0 Å². The van der Waals surface area contributed by atoms with Gasteiger partial charge in [-0.3, -0.25) is 0 Å². The molecule has 0 bridgehead atoms. The standard InChI is InChI=1S/C18H15S.C3H3F5/c1-4-10-16(11-5-1)19(17-12-6-2-7-13-17)18-14-8-3-9-15-18;4-2(5)1-3(6,7)8/h1-15H;2H,1H2/q+1;. The summed E-state index contributed by atoms with van der Waals surface area (Å²) in [6.07, 6.45) is -10.0. The van der Waals surface area contributed by atoms with Crippen molar-refractivity contribution in [3.8, 4) is 0 Å². The van der Waals surface area contributed by atoms with Crippen LogP contribution >= 0.6 is 0 Å². The number of alkyl halides is 5. The SMILES string of the molecule is FC(F)CC(F)(F)F.c1ccc([S+](c2ccccc2)c2ccccc2)cc1. The third kappa shape index (κ3) is 7.43. The predicted molar refractivity (Wildman–Crippen MR) is 98.2 cm³/mol. The summed E-state index contributed by atoms with van der Waals surface area (Å²) in [6.45, 7) is 0. The van der Waals surface area contributed by atoms with Gasteiger partial charge in [-0.05, 0) is 36.4 Å². The minimum atomic E-state index is -4.73. The highest BCUT2D eigenvalue weighted by Crippen LogP contribution is 2.30. The quantitative estimate of drug-likeness (QED) is 0.329. The van der Waals surface area contributed by atoms with Crippen molar-refractivity contribution >= 4 is 10.9 Å². The molecule has 0 spiro atoms. The van der Waals surface area contributed by atoms with E-state index in [9.17, 15) is 22.0 Å². The summed E-state index contributed by atoms with van der Waals surface area (Å²) in [7, 11) is -0.0146. The van der Waals surface area contributed by atoms with Gasteiger partial charge in [-0.1, -0.05) is 54.6 Å². The first-order chi connectivity index (χ1) is 12.9. The normalized spacial score (nSPS) is 11.2. The van der Waals surface area contributed by atoms with Crippen LogP contribution in [0.3, 0.4) is 0 Å². The summed E-state index contributed by atoms with van der Waals surface area (Å²) in [6, 6.07) is 32.2. The van der Waals surface area contributed by atoms with Crippen LogP contribution in [0.1, 0.15) is 6.42 Å². The van der Waals surface area contributed by atoms with Gasteiger partial charge in [0.2, 0.25) is 6.43 Å². The number of benzene rings is 3. The van der Waals surface area contributed by atoms with Crippen molar-refractivity contribution in [1.82, 2.24) is 0 Å². The fourth-order valence-electron chi connectivity index (χ4n) is 2.25. The second kappa shape index (κ2) is 10.1. The van der Waals surface area contributed by atoms with Crippen molar-refractivity contribution in [1.29, 1.82) is 0 Å². The fraction of sp³-hybridized carbons (Fsp3) is 0.143. The molecule has 0 aliphatic heterocycles. The van der Waals surface area contributed by atoms with E-state index in [1.54, 1.807) is 0 Å². The maximum atomic E-state index is 10.8. The van der Waals surface area contributed by atoms with Crippen molar-refractivity contribution in [3.63, 3.8) is 0 Å². The van der Waals surface area contributed by atoms with Gasteiger partial charge in [0.1, 0.15) is 6.42 Å². The van der Waals surface area contributed by atoms with E-state index in [0.29, 0.717) is 0 Å². The number of hydrogen-bond donors (Lipinski definition) is 0. The molecule has 3 rings (SSSR count). The van der Waals surface area contributed by atoms with Gasteiger partial charge in [0.05, 0.1) is 10.9 Å². The average Bonchev–Trinajstić information content (AvgIpc) is 2.63. The molecular formula is C21H18F5S+. The molecule has 0 saturated heterocycles. The predicted octanol–water partition coefficient (Wildman–Crippen LogP) is 6.99. The van der Waals surface area contributed by atoms with Crippen LogP contribution in [0.5, 0.6) is 0 Å².